The second-order valence-corrected chi connectivity index (χ2v) is 31.0. The Morgan fingerprint density at radius 3 is 0.958 bits per heavy atom. The maximum atomic E-state index is 6.85. The lowest BCUT2D eigenvalue weighted by Crippen LogP contribution is -2.11. The molecule has 0 aliphatic rings. The fourth-order valence-electron chi connectivity index (χ4n) is 18.0. The van der Waals surface area contributed by atoms with Crippen LogP contribution in [0.3, 0.4) is 0 Å². The first kappa shape index (κ1) is 70.7. The molecule has 4 heteroatoms. The molecule has 22 aromatic rings. The minimum atomic E-state index is 0.835. The van der Waals surface area contributed by atoms with E-state index in [1.165, 1.54) is 66.1 Å². The third-order valence-corrected chi connectivity index (χ3v) is 24.0. The molecule has 0 aliphatic heterocycles. The molecule has 0 amide bonds. The van der Waals surface area contributed by atoms with Gasteiger partial charge >= 0.3 is 0 Å². The summed E-state index contributed by atoms with van der Waals surface area (Å²) in [6.07, 6.45) is 0. The molecule has 0 atom stereocenters. The van der Waals surface area contributed by atoms with Gasteiger partial charge in [0.2, 0.25) is 0 Å². The Labute approximate surface area is 696 Å². The molecule has 0 aliphatic carbocycles. The van der Waals surface area contributed by atoms with Gasteiger partial charge in [0.15, 0.2) is 0 Å². The van der Waals surface area contributed by atoms with E-state index in [4.69, 9.17) is 8.83 Å². The van der Waals surface area contributed by atoms with Crippen molar-refractivity contribution in [2.45, 2.75) is 0 Å². The molecular formula is C116H76N2O2. The van der Waals surface area contributed by atoms with Crippen molar-refractivity contribution in [1.29, 1.82) is 0 Å². The smallest absolute Gasteiger partial charge is 0.136 e. The van der Waals surface area contributed by atoms with E-state index in [0.29, 0.717) is 0 Å². The highest BCUT2D eigenvalue weighted by Crippen LogP contribution is 2.50. The van der Waals surface area contributed by atoms with Crippen molar-refractivity contribution < 1.29 is 8.83 Å². The lowest BCUT2D eigenvalue weighted by Gasteiger charge is -2.28. The predicted molar refractivity (Wildman–Crippen MR) is 505 cm³/mol. The third kappa shape index (κ3) is 13.1. The van der Waals surface area contributed by atoms with Crippen LogP contribution < -0.4 is 9.80 Å². The Morgan fingerprint density at radius 2 is 0.442 bits per heavy atom. The summed E-state index contributed by atoms with van der Waals surface area (Å²) in [6.45, 7) is 0. The Balaban J connectivity index is 0.572. The predicted octanol–water partition coefficient (Wildman–Crippen LogP) is 33.1. The van der Waals surface area contributed by atoms with E-state index in [1.54, 1.807) is 0 Å². The highest BCUT2D eigenvalue weighted by atomic mass is 16.3. The van der Waals surface area contributed by atoms with E-state index >= 15 is 0 Å². The molecule has 2 aromatic heterocycles. The molecule has 0 N–H and O–H groups in total. The fourth-order valence-corrected chi connectivity index (χ4v) is 18.0. The normalized spacial score (nSPS) is 11.5. The van der Waals surface area contributed by atoms with Crippen LogP contribution in [0.2, 0.25) is 0 Å². The number of rotatable bonds is 17. The Morgan fingerprint density at radius 1 is 0.142 bits per heavy atom. The molecule has 20 aromatic carbocycles. The topological polar surface area (TPSA) is 32.8 Å². The Kier molecular flexibility index (Phi) is 17.9. The Bertz CT molecular complexity index is 7570. The zero-order valence-corrected chi connectivity index (χ0v) is 65.6. The lowest BCUT2D eigenvalue weighted by molar-refractivity contribution is 0.668. The first-order valence-electron chi connectivity index (χ1n) is 41.1. The van der Waals surface area contributed by atoms with Crippen molar-refractivity contribution in [2.75, 3.05) is 9.80 Å². The van der Waals surface area contributed by atoms with Crippen LogP contribution in [0.15, 0.2) is 470 Å². The van der Waals surface area contributed by atoms with Gasteiger partial charge in [-0.2, -0.15) is 0 Å². The summed E-state index contributed by atoms with van der Waals surface area (Å²) < 4.78 is 13.3. The second kappa shape index (κ2) is 30.4. The van der Waals surface area contributed by atoms with E-state index in [-0.39, 0.29) is 0 Å². The van der Waals surface area contributed by atoms with E-state index in [0.717, 1.165) is 156 Å². The van der Waals surface area contributed by atoms with Crippen molar-refractivity contribution >= 4 is 99.5 Å². The Hall–Kier alpha value is -15.9. The van der Waals surface area contributed by atoms with Crippen molar-refractivity contribution in [3.8, 4) is 122 Å². The van der Waals surface area contributed by atoms with Crippen molar-refractivity contribution in [3.05, 3.63) is 461 Å². The van der Waals surface area contributed by atoms with Gasteiger partial charge in [0.25, 0.3) is 0 Å². The molecule has 0 bridgehead atoms. The minimum Gasteiger partial charge on any atom is -0.456 e. The molecule has 0 unspecified atom stereocenters. The van der Waals surface area contributed by atoms with Crippen LogP contribution in [0.1, 0.15) is 0 Å². The van der Waals surface area contributed by atoms with Crippen LogP contribution >= 0.6 is 0 Å². The van der Waals surface area contributed by atoms with Gasteiger partial charge in [-0.15, -0.1) is 0 Å². The highest BCUT2D eigenvalue weighted by Gasteiger charge is 2.25. The van der Waals surface area contributed by atoms with Crippen LogP contribution in [0.25, 0.3) is 188 Å². The molecule has 0 saturated heterocycles. The van der Waals surface area contributed by atoms with Gasteiger partial charge in [0.05, 0.1) is 11.4 Å². The van der Waals surface area contributed by atoms with Crippen molar-refractivity contribution in [1.82, 2.24) is 0 Å². The number of furan rings is 2. The summed E-state index contributed by atoms with van der Waals surface area (Å²) in [6, 6.07) is 167. The van der Waals surface area contributed by atoms with E-state index in [2.05, 4.69) is 465 Å². The number of fused-ring (bicyclic) bond motifs is 8. The van der Waals surface area contributed by atoms with Gasteiger partial charge in [0, 0.05) is 55.4 Å². The number of hydrogen-bond acceptors (Lipinski definition) is 4. The van der Waals surface area contributed by atoms with Crippen molar-refractivity contribution in [3.63, 3.8) is 0 Å². The van der Waals surface area contributed by atoms with E-state index in [1.807, 2.05) is 6.07 Å². The fraction of sp³-hybridized carbons (Fsp3) is 0. The molecule has 0 saturated carbocycles. The maximum absolute atomic E-state index is 6.85. The van der Waals surface area contributed by atoms with E-state index < -0.39 is 0 Å². The molecule has 4 nitrogen and oxygen atoms in total. The molecule has 0 radical (unpaired) electrons. The summed E-state index contributed by atoms with van der Waals surface area (Å²) in [5.41, 5.74) is 35.1. The average Bonchev–Trinajstić information content (AvgIpc) is 1.42. The molecule has 0 fully saturated rings. The van der Waals surface area contributed by atoms with Crippen LogP contribution in [-0.4, -0.2) is 0 Å². The third-order valence-electron chi connectivity index (χ3n) is 24.0. The van der Waals surface area contributed by atoms with Gasteiger partial charge < -0.3 is 18.6 Å². The average molecular weight is 1530 g/mol. The van der Waals surface area contributed by atoms with Gasteiger partial charge in [-0.3, -0.25) is 0 Å². The van der Waals surface area contributed by atoms with Gasteiger partial charge in [-0.05, 0) is 230 Å². The molecule has 2 heterocycles. The van der Waals surface area contributed by atoms with Crippen LogP contribution in [0.5, 0.6) is 0 Å². The number of benzene rings is 20. The summed E-state index contributed by atoms with van der Waals surface area (Å²) in [7, 11) is 0. The molecule has 0 spiro atoms. The van der Waals surface area contributed by atoms with Gasteiger partial charge in [-0.25, -0.2) is 0 Å². The minimum absolute atomic E-state index is 0.835. The first-order valence-corrected chi connectivity index (χ1v) is 41.1. The van der Waals surface area contributed by atoms with Crippen LogP contribution in [-0.2, 0) is 0 Å². The number of para-hydroxylation sites is 3. The summed E-state index contributed by atoms with van der Waals surface area (Å²) in [4.78, 5) is 4.81. The summed E-state index contributed by atoms with van der Waals surface area (Å²) in [5, 5.41) is 9.17. The zero-order chi connectivity index (χ0) is 79.4. The SMILES string of the molecule is c1ccc(-c2ccc(-c3ccc(N(c4ccc(-c5ccc(-c6cccc7cc(-c8ccc9oc%10cccc(-c%11ccccc%11N(c%11ccc(-c%12ccc(-c%13ccccc%13)cc%12)cc%11)c%11cccc(-c%12ccc(-c%13cccc%14ccccc%13%14)cc%12)c%11)c%10c9c8)ccc67)cc5)cc4)c4ccccc4-c4cccc5oc6ccccc6c45)cc3)cc2)cc1. The van der Waals surface area contributed by atoms with Crippen LogP contribution in [0.4, 0.5) is 34.1 Å². The number of hydrogen-bond donors (Lipinski definition) is 0. The zero-order valence-electron chi connectivity index (χ0n) is 65.6. The summed E-state index contributed by atoms with van der Waals surface area (Å²) in [5.74, 6) is 0. The molecule has 562 valence electrons. The molecule has 120 heavy (non-hydrogen) atoms. The maximum Gasteiger partial charge on any atom is 0.136 e. The summed E-state index contributed by atoms with van der Waals surface area (Å²) >= 11 is 0. The number of anilines is 6. The van der Waals surface area contributed by atoms with Gasteiger partial charge in [-0.1, -0.05) is 364 Å². The molecular weight excluding hydrogens is 1450 g/mol. The number of nitrogens with zero attached hydrogens (tertiary/aromatic N) is 2. The van der Waals surface area contributed by atoms with Gasteiger partial charge in [0.1, 0.15) is 22.3 Å². The quantitative estimate of drug-likeness (QED) is 0.0910. The highest BCUT2D eigenvalue weighted by molar-refractivity contribution is 6.16. The standard InChI is InChI=1S/C116H76N2O2/c1-3-20-77(21-4-1)79-42-46-81(47-43-79)84-58-66-95(67-59-84)117(109-37-12-9-30-103(109)105-35-18-40-113-115(105)107-32-11-14-39-111(107)119-113)96-68-60-86(61-69-96)83-50-54-90(55-51-83)101-34-17-27-94-74-92(64-72-102(94)101)93-65-73-112-108(76-93)116-106(36-19-41-114(116)120-112)104-31-10-13-38-110(104)118(97-70-62-85(63-71-97)82-48-44-80(45-49-82)78-22-5-2-6-23-78)98-28-15-26-91(75-98)87-52-56-89(57-53-87)100-33-16-25-88-24-7-8-29-99(88)100/h1-76H. The lowest BCUT2D eigenvalue weighted by atomic mass is 9.93. The monoisotopic (exact) mass is 1530 g/mol. The largest absolute Gasteiger partial charge is 0.456 e. The van der Waals surface area contributed by atoms with Crippen LogP contribution in [0, 0.1) is 0 Å². The van der Waals surface area contributed by atoms with Crippen molar-refractivity contribution in [2.24, 2.45) is 0 Å². The second-order valence-electron chi connectivity index (χ2n) is 31.0. The first-order chi connectivity index (χ1) is 59.5. The molecule has 22 rings (SSSR count). The van der Waals surface area contributed by atoms with E-state index in [9.17, 15) is 0 Å².